The van der Waals surface area contributed by atoms with Gasteiger partial charge in [-0.05, 0) is 31.9 Å². The van der Waals surface area contributed by atoms with Gasteiger partial charge in [0.25, 0.3) is 0 Å². The first-order valence-corrected chi connectivity index (χ1v) is 7.48. The molecule has 0 saturated carbocycles. The Morgan fingerprint density at radius 3 is 2.62 bits per heavy atom. The second-order valence-electron chi connectivity index (χ2n) is 4.18. The zero-order valence-corrected chi connectivity index (χ0v) is 10.9. The van der Waals surface area contributed by atoms with Crippen molar-refractivity contribution in [2.45, 2.75) is 25.8 Å². The van der Waals surface area contributed by atoms with E-state index in [1.807, 2.05) is 6.07 Å². The lowest BCUT2D eigenvalue weighted by atomic mass is 10.1. The van der Waals surface area contributed by atoms with Crippen LogP contribution in [0.5, 0.6) is 0 Å². The Morgan fingerprint density at radius 1 is 1.31 bits per heavy atom. The maximum atomic E-state index is 10.9. The summed E-state index contributed by atoms with van der Waals surface area (Å²) in [6, 6.07) is 11.0. The first-order chi connectivity index (χ1) is 7.68. The molecule has 2 unspecified atom stereocenters. The van der Waals surface area contributed by atoms with Gasteiger partial charge in [0.05, 0.1) is 0 Å². The minimum Gasteiger partial charge on any atom is -0.314 e. The Hall–Kier alpha value is -0.670. The van der Waals surface area contributed by atoms with E-state index in [0.717, 1.165) is 25.1 Å². The van der Waals surface area contributed by atoms with Crippen LogP contribution in [0.4, 0.5) is 0 Å². The Kier molecular flexibility index (Phi) is 6.34. The highest BCUT2D eigenvalue weighted by Gasteiger charge is 2.02. The van der Waals surface area contributed by atoms with Crippen LogP contribution >= 0.6 is 0 Å². The first kappa shape index (κ1) is 13.4. The molecular formula is C13H21NOS. The van der Waals surface area contributed by atoms with E-state index in [-0.39, 0.29) is 0 Å². The van der Waals surface area contributed by atoms with Gasteiger partial charge in [0.15, 0.2) is 0 Å². The third-order valence-corrected chi connectivity index (χ3v) is 3.35. The number of nitrogens with one attached hydrogen (secondary N) is 1. The minimum absolute atomic E-state index is 0.479. The zero-order valence-electron chi connectivity index (χ0n) is 10.1. The van der Waals surface area contributed by atoms with Gasteiger partial charge in [-0.1, -0.05) is 30.3 Å². The lowest BCUT2D eigenvalue weighted by Gasteiger charge is -2.13. The summed E-state index contributed by atoms with van der Waals surface area (Å²) >= 11 is 0. The molecule has 0 amide bonds. The van der Waals surface area contributed by atoms with Gasteiger partial charge in [0.1, 0.15) is 0 Å². The fourth-order valence-corrected chi connectivity index (χ4v) is 2.21. The number of hydrogen-bond donors (Lipinski definition) is 1. The first-order valence-electron chi connectivity index (χ1n) is 5.76. The lowest BCUT2D eigenvalue weighted by Crippen LogP contribution is -2.29. The molecule has 1 aromatic carbocycles. The Balaban J connectivity index is 2.16. The molecule has 0 aliphatic heterocycles. The summed E-state index contributed by atoms with van der Waals surface area (Å²) in [5.74, 6) is 0.797. The van der Waals surface area contributed by atoms with Crippen LogP contribution in [0.3, 0.4) is 0 Å². The molecule has 1 aromatic rings. The molecule has 1 rings (SSSR count). The van der Waals surface area contributed by atoms with Crippen molar-refractivity contribution in [3.05, 3.63) is 35.9 Å². The van der Waals surface area contributed by atoms with Crippen LogP contribution in [-0.2, 0) is 17.2 Å². The Bertz CT molecular complexity index is 313. The van der Waals surface area contributed by atoms with Crippen molar-refractivity contribution in [2.75, 3.05) is 18.6 Å². The summed E-state index contributed by atoms with van der Waals surface area (Å²) < 4.78 is 10.9. The molecule has 0 bridgehead atoms. The van der Waals surface area contributed by atoms with Gasteiger partial charge in [-0.15, -0.1) is 0 Å². The van der Waals surface area contributed by atoms with E-state index >= 15 is 0 Å². The van der Waals surface area contributed by atoms with Crippen LogP contribution in [0.25, 0.3) is 0 Å². The van der Waals surface area contributed by atoms with Crippen LogP contribution in [-0.4, -0.2) is 28.8 Å². The second-order valence-corrected chi connectivity index (χ2v) is 5.73. The molecule has 2 nitrogen and oxygen atoms in total. The molecule has 16 heavy (non-hydrogen) atoms. The molecule has 3 heteroatoms. The fourth-order valence-electron chi connectivity index (χ4n) is 1.66. The van der Waals surface area contributed by atoms with Crippen molar-refractivity contribution in [3.8, 4) is 0 Å². The quantitative estimate of drug-likeness (QED) is 0.737. The topological polar surface area (TPSA) is 29.1 Å². The molecule has 0 aliphatic carbocycles. The Morgan fingerprint density at radius 2 is 2.00 bits per heavy atom. The van der Waals surface area contributed by atoms with Crippen LogP contribution in [0.2, 0.25) is 0 Å². The van der Waals surface area contributed by atoms with Crippen LogP contribution in [0, 0.1) is 0 Å². The molecule has 0 radical (unpaired) electrons. The zero-order chi connectivity index (χ0) is 11.8. The second kappa shape index (κ2) is 7.58. The van der Waals surface area contributed by atoms with Crippen molar-refractivity contribution in [3.63, 3.8) is 0 Å². The number of rotatable bonds is 7. The van der Waals surface area contributed by atoms with Crippen molar-refractivity contribution in [2.24, 2.45) is 0 Å². The lowest BCUT2D eigenvalue weighted by molar-refractivity contribution is 0.544. The molecule has 0 heterocycles. The maximum Gasteiger partial charge on any atom is 0.0244 e. The van der Waals surface area contributed by atoms with Gasteiger partial charge < -0.3 is 5.32 Å². The predicted molar refractivity (Wildman–Crippen MR) is 71.2 cm³/mol. The summed E-state index contributed by atoms with van der Waals surface area (Å²) in [7, 11) is -0.658. The summed E-state index contributed by atoms with van der Waals surface area (Å²) in [5, 5.41) is 3.45. The maximum absolute atomic E-state index is 10.9. The predicted octanol–water partition coefficient (Wildman–Crippen LogP) is 1.98. The van der Waals surface area contributed by atoms with Gasteiger partial charge in [-0.2, -0.15) is 0 Å². The van der Waals surface area contributed by atoms with Gasteiger partial charge >= 0.3 is 0 Å². The van der Waals surface area contributed by atoms with Gasteiger partial charge in [-0.25, -0.2) is 0 Å². The highest BCUT2D eigenvalue weighted by Crippen LogP contribution is 2.02. The van der Waals surface area contributed by atoms with Crippen LogP contribution < -0.4 is 5.32 Å². The summed E-state index contributed by atoms with van der Waals surface area (Å²) in [6.45, 7) is 3.14. The average molecular weight is 239 g/mol. The molecule has 2 atom stereocenters. The summed E-state index contributed by atoms with van der Waals surface area (Å²) in [6.07, 6.45) is 3.80. The SMILES string of the molecule is CC(Cc1ccccc1)NCCCS(C)=O. The van der Waals surface area contributed by atoms with Crippen molar-refractivity contribution >= 4 is 10.8 Å². The highest BCUT2D eigenvalue weighted by atomic mass is 32.2. The molecule has 0 saturated heterocycles. The normalized spacial score (nSPS) is 14.6. The highest BCUT2D eigenvalue weighted by molar-refractivity contribution is 7.84. The monoisotopic (exact) mass is 239 g/mol. The van der Waals surface area contributed by atoms with Crippen molar-refractivity contribution < 1.29 is 4.21 Å². The molecule has 90 valence electrons. The third kappa shape index (κ3) is 6.03. The average Bonchev–Trinajstić information content (AvgIpc) is 2.25. The number of hydrogen-bond acceptors (Lipinski definition) is 2. The third-order valence-electron chi connectivity index (χ3n) is 2.49. The van der Waals surface area contributed by atoms with Gasteiger partial charge in [0.2, 0.25) is 0 Å². The molecule has 1 N–H and O–H groups in total. The van der Waals surface area contributed by atoms with E-state index < -0.39 is 10.8 Å². The van der Waals surface area contributed by atoms with Crippen LogP contribution in [0.15, 0.2) is 30.3 Å². The van der Waals surface area contributed by atoms with E-state index in [4.69, 9.17) is 0 Å². The van der Waals surface area contributed by atoms with E-state index in [9.17, 15) is 4.21 Å². The minimum atomic E-state index is -0.658. The molecule has 0 aromatic heterocycles. The molecule has 0 spiro atoms. The smallest absolute Gasteiger partial charge is 0.0244 e. The summed E-state index contributed by atoms with van der Waals surface area (Å²) in [4.78, 5) is 0. The van der Waals surface area contributed by atoms with E-state index in [1.165, 1.54) is 5.56 Å². The van der Waals surface area contributed by atoms with E-state index in [1.54, 1.807) is 6.26 Å². The van der Waals surface area contributed by atoms with Crippen LogP contribution in [0.1, 0.15) is 18.9 Å². The number of benzene rings is 1. The largest absolute Gasteiger partial charge is 0.314 e. The van der Waals surface area contributed by atoms with Crippen molar-refractivity contribution in [1.29, 1.82) is 0 Å². The van der Waals surface area contributed by atoms with Gasteiger partial charge in [0, 0.05) is 28.9 Å². The van der Waals surface area contributed by atoms with Gasteiger partial charge in [-0.3, -0.25) is 4.21 Å². The van der Waals surface area contributed by atoms with E-state index in [2.05, 4.69) is 36.5 Å². The fraction of sp³-hybridized carbons (Fsp3) is 0.538. The standard InChI is InChI=1S/C13H21NOS/c1-12(14-9-6-10-16(2)15)11-13-7-4-3-5-8-13/h3-5,7-8,12,14H,6,9-11H2,1-2H3. The molecule has 0 aliphatic rings. The van der Waals surface area contributed by atoms with Crippen molar-refractivity contribution in [1.82, 2.24) is 5.32 Å². The van der Waals surface area contributed by atoms with E-state index in [0.29, 0.717) is 6.04 Å². The molecular weight excluding hydrogens is 218 g/mol. The Labute approximate surface area is 101 Å². The molecule has 0 fully saturated rings. The summed E-state index contributed by atoms with van der Waals surface area (Å²) in [5.41, 5.74) is 1.36.